The molecule has 3 nitrogen and oxygen atoms in total. The molecule has 3 heteroatoms. The molecule has 4 aliphatic heterocycles. The van der Waals surface area contributed by atoms with Crippen LogP contribution in [0.2, 0.25) is 0 Å². The second-order valence-corrected chi connectivity index (χ2v) is 9.17. The Morgan fingerprint density at radius 1 is 0.840 bits per heavy atom. The van der Waals surface area contributed by atoms with Gasteiger partial charge in [0, 0.05) is 43.8 Å². The number of hydrogen-bond acceptors (Lipinski definition) is 3. The summed E-state index contributed by atoms with van der Waals surface area (Å²) in [5, 5.41) is 0. The van der Waals surface area contributed by atoms with Crippen LogP contribution in [0.1, 0.15) is 73.1 Å². The zero-order valence-electron chi connectivity index (χ0n) is 17.6. The van der Waals surface area contributed by atoms with Crippen molar-refractivity contribution in [2.75, 3.05) is 32.7 Å². The lowest BCUT2D eigenvalue weighted by atomic mass is 9.75. The van der Waals surface area contributed by atoms with Crippen LogP contribution >= 0.6 is 0 Å². The van der Waals surface area contributed by atoms with Gasteiger partial charge in [-0.1, -0.05) is 27.2 Å². The summed E-state index contributed by atoms with van der Waals surface area (Å²) in [6.45, 7) is 17.9. The minimum Gasteiger partial charge on any atom is -0.301 e. The third-order valence-corrected chi connectivity index (χ3v) is 7.53. The van der Waals surface area contributed by atoms with Crippen molar-refractivity contribution in [2.24, 2.45) is 11.8 Å². The lowest BCUT2D eigenvalue weighted by Crippen LogP contribution is -2.71. The molecule has 25 heavy (non-hydrogen) atoms. The van der Waals surface area contributed by atoms with Crippen molar-refractivity contribution in [3.63, 3.8) is 0 Å². The van der Waals surface area contributed by atoms with Gasteiger partial charge in [-0.05, 0) is 70.9 Å². The normalized spacial score (nSPS) is 37.2. The van der Waals surface area contributed by atoms with Gasteiger partial charge in [-0.3, -0.25) is 9.80 Å². The zero-order chi connectivity index (χ0) is 18.0. The van der Waals surface area contributed by atoms with Crippen molar-refractivity contribution < 1.29 is 0 Å². The molecule has 5 rings (SSSR count). The fraction of sp³-hybridized carbons (Fsp3) is 1.00. The molecule has 2 unspecified atom stereocenters. The number of rotatable bonds is 5. The maximum atomic E-state index is 2.89. The molecule has 2 bridgehead atoms. The summed E-state index contributed by atoms with van der Waals surface area (Å²) in [5.41, 5.74) is 0. The predicted molar refractivity (Wildman–Crippen MR) is 108 cm³/mol. The third kappa shape index (κ3) is 4.25. The number of hydrogen-bond donors (Lipinski definition) is 0. The molecule has 0 aromatic heterocycles. The smallest absolute Gasteiger partial charge is 0.0242 e. The summed E-state index contributed by atoms with van der Waals surface area (Å²) in [4.78, 5) is 8.40. The first-order valence-corrected chi connectivity index (χ1v) is 11.4. The zero-order valence-corrected chi connectivity index (χ0v) is 17.6. The molecular formula is C22H43N3. The predicted octanol–water partition coefficient (Wildman–Crippen LogP) is 4.08. The van der Waals surface area contributed by atoms with Crippen molar-refractivity contribution in [1.29, 1.82) is 0 Å². The standard InChI is InChI=1S/C20H37N3.C2H6/c1-4-16-9-18(10-16)22-13-19-11-20(14-22)23(19)12-17-5-7-21(8-6-17)15(2)3;1-2/h15-20H,4-14H2,1-3H3;1-2H3. The number of fused-ring (bicyclic) bond motifs is 2. The van der Waals surface area contributed by atoms with E-state index in [1.165, 1.54) is 71.2 Å². The minimum absolute atomic E-state index is 0.738. The minimum atomic E-state index is 0.738. The SMILES string of the molecule is CC.CCC1CC(N2CC3CC(C2)N3CC2CCN(C(C)C)CC2)C1. The van der Waals surface area contributed by atoms with Crippen LogP contribution in [0.25, 0.3) is 0 Å². The first-order valence-electron chi connectivity index (χ1n) is 11.4. The van der Waals surface area contributed by atoms with Gasteiger partial charge < -0.3 is 4.90 Å². The molecule has 0 aromatic rings. The highest BCUT2D eigenvalue weighted by atomic mass is 15.4. The Morgan fingerprint density at radius 3 is 1.96 bits per heavy atom. The Labute approximate surface area is 157 Å². The van der Waals surface area contributed by atoms with E-state index in [0.717, 1.165) is 36.0 Å². The van der Waals surface area contributed by atoms with Crippen LogP contribution in [0.3, 0.4) is 0 Å². The van der Waals surface area contributed by atoms with E-state index in [0.29, 0.717) is 0 Å². The lowest BCUT2D eigenvalue weighted by Gasteiger charge is -2.60. The summed E-state index contributed by atoms with van der Waals surface area (Å²) in [7, 11) is 0. The second kappa shape index (κ2) is 8.71. The van der Waals surface area contributed by atoms with Gasteiger partial charge in [0.25, 0.3) is 0 Å². The Bertz CT molecular complexity index is 384. The molecule has 0 amide bonds. The molecule has 0 aromatic carbocycles. The van der Waals surface area contributed by atoms with Gasteiger partial charge >= 0.3 is 0 Å². The Hall–Kier alpha value is -0.120. The summed E-state index contributed by atoms with van der Waals surface area (Å²) in [6, 6.07) is 3.49. The van der Waals surface area contributed by atoms with Crippen LogP contribution in [-0.4, -0.2) is 71.6 Å². The van der Waals surface area contributed by atoms with Crippen LogP contribution in [0.4, 0.5) is 0 Å². The van der Waals surface area contributed by atoms with Gasteiger partial charge in [-0.25, -0.2) is 0 Å². The summed E-state index contributed by atoms with van der Waals surface area (Å²) in [5.74, 6) is 2.01. The largest absolute Gasteiger partial charge is 0.301 e. The van der Waals surface area contributed by atoms with Crippen molar-refractivity contribution in [2.45, 2.75) is 97.3 Å². The van der Waals surface area contributed by atoms with Gasteiger partial charge in [0.05, 0.1) is 0 Å². The molecule has 1 saturated carbocycles. The monoisotopic (exact) mass is 349 g/mol. The average molecular weight is 350 g/mol. The van der Waals surface area contributed by atoms with E-state index in [9.17, 15) is 0 Å². The number of piperidine rings is 2. The first-order chi connectivity index (χ1) is 12.1. The van der Waals surface area contributed by atoms with Crippen molar-refractivity contribution >= 4 is 0 Å². The molecule has 146 valence electrons. The molecule has 4 heterocycles. The Morgan fingerprint density at radius 2 is 1.44 bits per heavy atom. The highest BCUT2D eigenvalue weighted by molar-refractivity contribution is 5.04. The third-order valence-electron chi connectivity index (χ3n) is 7.53. The molecule has 0 spiro atoms. The molecule has 1 aliphatic carbocycles. The topological polar surface area (TPSA) is 9.72 Å². The van der Waals surface area contributed by atoms with Gasteiger partial charge in [-0.2, -0.15) is 0 Å². The first kappa shape index (κ1) is 19.6. The molecule has 0 N–H and O–H groups in total. The maximum Gasteiger partial charge on any atom is 0.0242 e. The number of nitrogens with zero attached hydrogens (tertiary/aromatic N) is 3. The van der Waals surface area contributed by atoms with Gasteiger partial charge in [0.1, 0.15) is 0 Å². The molecule has 0 radical (unpaired) electrons. The Kier molecular flexibility index (Phi) is 6.84. The summed E-state index contributed by atoms with van der Waals surface area (Å²) < 4.78 is 0. The highest BCUT2D eigenvalue weighted by Crippen LogP contribution is 2.40. The van der Waals surface area contributed by atoms with Crippen molar-refractivity contribution in [3.05, 3.63) is 0 Å². The second-order valence-electron chi connectivity index (χ2n) is 9.17. The van der Waals surface area contributed by atoms with E-state index in [-0.39, 0.29) is 0 Å². The van der Waals surface area contributed by atoms with E-state index in [4.69, 9.17) is 0 Å². The van der Waals surface area contributed by atoms with Crippen molar-refractivity contribution in [1.82, 2.24) is 14.7 Å². The quantitative estimate of drug-likeness (QED) is 0.740. The van der Waals surface area contributed by atoms with Gasteiger partial charge in [0.2, 0.25) is 0 Å². The van der Waals surface area contributed by atoms with Crippen LogP contribution in [0, 0.1) is 11.8 Å². The highest BCUT2D eigenvalue weighted by Gasteiger charge is 2.48. The van der Waals surface area contributed by atoms with Crippen LogP contribution in [0.15, 0.2) is 0 Å². The lowest BCUT2D eigenvalue weighted by molar-refractivity contribution is -0.107. The van der Waals surface area contributed by atoms with Gasteiger partial charge in [0.15, 0.2) is 0 Å². The molecule has 2 atom stereocenters. The molecule has 4 saturated heterocycles. The Balaban J connectivity index is 0.000000880. The summed E-state index contributed by atoms with van der Waals surface area (Å²) in [6.07, 6.45) is 8.73. The van der Waals surface area contributed by atoms with E-state index in [1.54, 1.807) is 0 Å². The van der Waals surface area contributed by atoms with E-state index >= 15 is 0 Å². The maximum absolute atomic E-state index is 2.89. The summed E-state index contributed by atoms with van der Waals surface area (Å²) >= 11 is 0. The van der Waals surface area contributed by atoms with Crippen molar-refractivity contribution in [3.8, 4) is 0 Å². The van der Waals surface area contributed by atoms with Crippen LogP contribution < -0.4 is 0 Å². The molecule has 5 fully saturated rings. The van der Waals surface area contributed by atoms with Gasteiger partial charge in [-0.15, -0.1) is 0 Å². The fourth-order valence-corrected chi connectivity index (χ4v) is 5.60. The molecular weight excluding hydrogens is 306 g/mol. The van der Waals surface area contributed by atoms with E-state index in [1.807, 2.05) is 13.8 Å². The fourth-order valence-electron chi connectivity index (χ4n) is 5.60. The number of piperazine rings is 1. The number of likely N-dealkylation sites (tertiary alicyclic amines) is 1. The van der Waals surface area contributed by atoms with E-state index in [2.05, 4.69) is 35.5 Å². The average Bonchev–Trinajstić information content (AvgIpc) is 2.61. The van der Waals surface area contributed by atoms with E-state index < -0.39 is 0 Å². The van der Waals surface area contributed by atoms with Crippen LogP contribution in [-0.2, 0) is 0 Å². The molecule has 5 aliphatic rings. The van der Waals surface area contributed by atoms with Crippen LogP contribution in [0.5, 0.6) is 0 Å².